The fourth-order valence-electron chi connectivity index (χ4n) is 1.55. The van der Waals surface area contributed by atoms with Crippen molar-refractivity contribution in [2.75, 3.05) is 19.8 Å². The largest absolute Gasteiger partial charge is 0.373 e. The first kappa shape index (κ1) is 15.1. The van der Waals surface area contributed by atoms with Crippen LogP contribution in [-0.2, 0) is 9.47 Å². The van der Waals surface area contributed by atoms with Crippen molar-refractivity contribution >= 4 is 0 Å². The maximum Gasteiger partial charge on any atom is 0.123 e. The number of rotatable bonds is 6. The molecule has 18 heavy (non-hydrogen) atoms. The molecule has 2 N–H and O–H groups in total. The van der Waals surface area contributed by atoms with Gasteiger partial charge in [0.05, 0.1) is 24.9 Å². The maximum absolute atomic E-state index is 13.1. The predicted octanol–water partition coefficient (Wildman–Crippen LogP) is 2.66. The molecule has 1 aromatic rings. The highest BCUT2D eigenvalue weighted by Gasteiger charge is 2.13. The Morgan fingerprint density at radius 1 is 1.28 bits per heavy atom. The molecule has 0 aliphatic carbocycles. The van der Waals surface area contributed by atoms with Gasteiger partial charge in [0.25, 0.3) is 0 Å². The third kappa shape index (κ3) is 5.58. The minimum atomic E-state index is -0.288. The maximum atomic E-state index is 13.1. The van der Waals surface area contributed by atoms with Gasteiger partial charge < -0.3 is 15.2 Å². The number of hydrogen-bond acceptors (Lipinski definition) is 3. The second-order valence-electron chi connectivity index (χ2n) is 5.11. The lowest BCUT2D eigenvalue weighted by Gasteiger charge is -2.21. The summed E-state index contributed by atoms with van der Waals surface area (Å²) in [7, 11) is 0. The zero-order valence-corrected chi connectivity index (χ0v) is 11.3. The van der Waals surface area contributed by atoms with E-state index in [0.29, 0.717) is 19.8 Å². The van der Waals surface area contributed by atoms with Crippen LogP contribution in [0.4, 0.5) is 4.39 Å². The van der Waals surface area contributed by atoms with E-state index >= 15 is 0 Å². The van der Waals surface area contributed by atoms with Crippen molar-refractivity contribution in [2.45, 2.75) is 32.5 Å². The van der Waals surface area contributed by atoms with E-state index in [-0.39, 0.29) is 17.5 Å². The Morgan fingerprint density at radius 3 is 2.56 bits per heavy atom. The summed E-state index contributed by atoms with van der Waals surface area (Å²) >= 11 is 0. The minimum absolute atomic E-state index is 0.180. The highest BCUT2D eigenvalue weighted by Crippen LogP contribution is 2.17. The van der Waals surface area contributed by atoms with Crippen molar-refractivity contribution in [1.82, 2.24) is 0 Å². The van der Waals surface area contributed by atoms with E-state index in [1.807, 2.05) is 26.8 Å². The number of hydrogen-bond donors (Lipinski definition) is 1. The smallest absolute Gasteiger partial charge is 0.123 e. The average Bonchev–Trinajstić information content (AvgIpc) is 2.27. The normalized spacial score (nSPS) is 13.6. The van der Waals surface area contributed by atoms with Crippen LogP contribution in [0.2, 0.25) is 0 Å². The Hall–Kier alpha value is -0.970. The fraction of sp³-hybridized carbons (Fsp3) is 0.571. The molecule has 0 saturated carbocycles. The van der Waals surface area contributed by atoms with Gasteiger partial charge in [-0.1, -0.05) is 12.1 Å². The second kappa shape index (κ2) is 6.83. The summed E-state index contributed by atoms with van der Waals surface area (Å²) in [5, 5.41) is 0. The van der Waals surface area contributed by atoms with Crippen LogP contribution in [-0.4, -0.2) is 25.4 Å². The van der Waals surface area contributed by atoms with Crippen LogP contribution >= 0.6 is 0 Å². The first-order valence-corrected chi connectivity index (χ1v) is 6.13. The van der Waals surface area contributed by atoms with Crippen LogP contribution in [0.5, 0.6) is 0 Å². The zero-order valence-electron chi connectivity index (χ0n) is 11.3. The summed E-state index contributed by atoms with van der Waals surface area (Å²) in [5.74, 6) is -0.277. The predicted molar refractivity (Wildman–Crippen MR) is 69.9 cm³/mol. The van der Waals surface area contributed by atoms with Gasteiger partial charge in [-0.3, -0.25) is 0 Å². The quantitative estimate of drug-likeness (QED) is 0.795. The molecule has 0 saturated heterocycles. The Balaban J connectivity index is 2.43. The van der Waals surface area contributed by atoms with Crippen LogP contribution in [0.3, 0.4) is 0 Å². The summed E-state index contributed by atoms with van der Waals surface area (Å²) in [5.41, 5.74) is 6.21. The Bertz CT molecular complexity index is 363. The zero-order chi connectivity index (χ0) is 13.6. The fourth-order valence-corrected chi connectivity index (χ4v) is 1.55. The van der Waals surface area contributed by atoms with Crippen LogP contribution in [0.15, 0.2) is 24.3 Å². The van der Waals surface area contributed by atoms with Gasteiger partial charge in [-0.2, -0.15) is 0 Å². The molecular weight excluding hydrogens is 233 g/mol. The highest BCUT2D eigenvalue weighted by atomic mass is 19.1. The Labute approximate surface area is 108 Å². The van der Waals surface area contributed by atoms with Gasteiger partial charge >= 0.3 is 0 Å². The molecule has 1 rings (SSSR count). The van der Waals surface area contributed by atoms with Gasteiger partial charge in [0.15, 0.2) is 0 Å². The third-order valence-corrected chi connectivity index (χ3v) is 2.37. The van der Waals surface area contributed by atoms with Crippen molar-refractivity contribution in [2.24, 2.45) is 5.73 Å². The number of benzene rings is 1. The molecule has 102 valence electrons. The van der Waals surface area contributed by atoms with E-state index in [9.17, 15) is 4.39 Å². The number of ether oxygens (including phenoxy) is 2. The Kier molecular flexibility index (Phi) is 5.72. The summed E-state index contributed by atoms with van der Waals surface area (Å²) in [6.45, 7) is 7.21. The molecule has 0 radical (unpaired) electrons. The molecule has 0 bridgehead atoms. The molecule has 0 aliphatic rings. The molecule has 1 atom stereocenters. The van der Waals surface area contributed by atoms with Gasteiger partial charge in [-0.25, -0.2) is 4.39 Å². The van der Waals surface area contributed by atoms with Crippen molar-refractivity contribution in [1.29, 1.82) is 0 Å². The summed E-state index contributed by atoms with van der Waals surface area (Å²) in [4.78, 5) is 0. The van der Waals surface area contributed by atoms with Crippen molar-refractivity contribution in [3.63, 3.8) is 0 Å². The molecule has 1 aromatic carbocycles. The molecule has 0 aromatic heterocycles. The summed E-state index contributed by atoms with van der Waals surface area (Å²) in [6, 6.07) is 6.31. The molecule has 4 heteroatoms. The number of halogens is 1. The van der Waals surface area contributed by atoms with Crippen molar-refractivity contribution in [3.8, 4) is 0 Å². The Morgan fingerprint density at radius 2 is 2.00 bits per heavy atom. The van der Waals surface area contributed by atoms with E-state index in [2.05, 4.69) is 0 Å². The first-order chi connectivity index (χ1) is 8.42. The van der Waals surface area contributed by atoms with E-state index in [1.54, 1.807) is 6.07 Å². The molecule has 0 amide bonds. The first-order valence-electron chi connectivity index (χ1n) is 6.13. The SMILES string of the molecule is CC(C)(C)OCCOC(CN)c1cccc(F)c1. The van der Waals surface area contributed by atoms with Gasteiger partial charge in [-0.15, -0.1) is 0 Å². The molecule has 3 nitrogen and oxygen atoms in total. The van der Waals surface area contributed by atoms with Gasteiger partial charge in [0, 0.05) is 6.54 Å². The lowest BCUT2D eigenvalue weighted by molar-refractivity contribution is -0.0506. The van der Waals surface area contributed by atoms with E-state index in [1.165, 1.54) is 12.1 Å². The topological polar surface area (TPSA) is 44.5 Å². The lowest BCUT2D eigenvalue weighted by Crippen LogP contribution is -2.24. The monoisotopic (exact) mass is 255 g/mol. The summed E-state index contributed by atoms with van der Waals surface area (Å²) < 4.78 is 24.2. The van der Waals surface area contributed by atoms with Crippen LogP contribution in [0.25, 0.3) is 0 Å². The highest BCUT2D eigenvalue weighted by molar-refractivity contribution is 5.19. The molecule has 0 heterocycles. The third-order valence-electron chi connectivity index (χ3n) is 2.37. The van der Waals surface area contributed by atoms with Crippen molar-refractivity contribution in [3.05, 3.63) is 35.6 Å². The molecule has 0 aliphatic heterocycles. The van der Waals surface area contributed by atoms with Crippen LogP contribution in [0.1, 0.15) is 32.4 Å². The minimum Gasteiger partial charge on any atom is -0.373 e. The molecule has 0 spiro atoms. The van der Waals surface area contributed by atoms with Crippen molar-refractivity contribution < 1.29 is 13.9 Å². The van der Waals surface area contributed by atoms with Gasteiger partial charge in [-0.05, 0) is 38.5 Å². The van der Waals surface area contributed by atoms with E-state index < -0.39 is 0 Å². The van der Waals surface area contributed by atoms with E-state index in [4.69, 9.17) is 15.2 Å². The van der Waals surface area contributed by atoms with E-state index in [0.717, 1.165) is 5.56 Å². The molecular formula is C14H22FNO2. The standard InChI is InChI=1S/C14H22FNO2/c1-14(2,3)18-8-7-17-13(10-16)11-5-4-6-12(15)9-11/h4-6,9,13H,7-8,10,16H2,1-3H3. The van der Waals surface area contributed by atoms with Gasteiger partial charge in [0.1, 0.15) is 5.82 Å². The van der Waals surface area contributed by atoms with Gasteiger partial charge in [0.2, 0.25) is 0 Å². The molecule has 0 fully saturated rings. The summed E-state index contributed by atoms with van der Waals surface area (Å²) in [6.07, 6.45) is -0.288. The van der Waals surface area contributed by atoms with Crippen LogP contribution in [0, 0.1) is 5.82 Å². The second-order valence-corrected chi connectivity index (χ2v) is 5.11. The molecule has 1 unspecified atom stereocenters. The number of nitrogens with two attached hydrogens (primary N) is 1. The van der Waals surface area contributed by atoms with Crippen LogP contribution < -0.4 is 5.73 Å². The average molecular weight is 255 g/mol. The lowest BCUT2D eigenvalue weighted by atomic mass is 10.1.